The van der Waals surface area contributed by atoms with Crippen LogP contribution in [0.5, 0.6) is 0 Å². The molecule has 0 heterocycles. The number of hydrogen-bond acceptors (Lipinski definition) is 1. The van der Waals surface area contributed by atoms with Gasteiger partial charge >= 0.3 is 0 Å². The van der Waals surface area contributed by atoms with E-state index < -0.39 is 0 Å². The molecule has 0 aliphatic heterocycles. The van der Waals surface area contributed by atoms with Crippen molar-refractivity contribution in [2.75, 3.05) is 0 Å². The van der Waals surface area contributed by atoms with E-state index >= 15 is 0 Å². The van der Waals surface area contributed by atoms with Crippen LogP contribution in [-0.4, -0.2) is 5.54 Å². The first kappa shape index (κ1) is 16.0. The average Bonchev–Trinajstić information content (AvgIpc) is 2.13. The van der Waals surface area contributed by atoms with E-state index in [-0.39, 0.29) is 5.54 Å². The maximum absolute atomic E-state index is 6.82. The molecule has 18 heavy (non-hydrogen) atoms. The lowest BCUT2D eigenvalue weighted by molar-refractivity contribution is 0.0962. The smallest absolute Gasteiger partial charge is 0.0187 e. The van der Waals surface area contributed by atoms with E-state index in [1.54, 1.807) is 0 Å². The van der Waals surface area contributed by atoms with Gasteiger partial charge in [0.15, 0.2) is 0 Å². The maximum atomic E-state index is 6.82. The third-order valence-electron chi connectivity index (χ3n) is 4.81. The second-order valence-corrected chi connectivity index (χ2v) is 8.38. The predicted molar refractivity (Wildman–Crippen MR) is 81.6 cm³/mol. The summed E-state index contributed by atoms with van der Waals surface area (Å²) in [6.07, 6.45) is 7.75. The van der Waals surface area contributed by atoms with E-state index in [4.69, 9.17) is 5.73 Å². The molecule has 1 fully saturated rings. The topological polar surface area (TPSA) is 26.0 Å². The quantitative estimate of drug-likeness (QED) is 0.750. The fraction of sp³-hybridized carbons (Fsp3) is 1.00. The van der Waals surface area contributed by atoms with E-state index in [2.05, 4.69) is 41.5 Å². The van der Waals surface area contributed by atoms with E-state index in [0.29, 0.717) is 5.41 Å². The van der Waals surface area contributed by atoms with Gasteiger partial charge in [-0.15, -0.1) is 0 Å². The molecule has 0 bridgehead atoms. The summed E-state index contributed by atoms with van der Waals surface area (Å²) in [7, 11) is 0. The van der Waals surface area contributed by atoms with Crippen molar-refractivity contribution in [3.63, 3.8) is 0 Å². The van der Waals surface area contributed by atoms with Crippen molar-refractivity contribution >= 4 is 0 Å². The number of nitrogens with two attached hydrogens (primary N) is 1. The van der Waals surface area contributed by atoms with Gasteiger partial charge in [-0.1, -0.05) is 54.4 Å². The minimum atomic E-state index is 0.108. The van der Waals surface area contributed by atoms with Crippen LogP contribution in [0.2, 0.25) is 0 Å². The fourth-order valence-corrected chi connectivity index (χ4v) is 3.89. The Morgan fingerprint density at radius 3 is 2.33 bits per heavy atom. The highest BCUT2D eigenvalue weighted by Crippen LogP contribution is 2.42. The molecule has 1 rings (SSSR count). The van der Waals surface area contributed by atoms with Gasteiger partial charge < -0.3 is 5.73 Å². The van der Waals surface area contributed by atoms with Crippen LogP contribution in [0.3, 0.4) is 0 Å². The standard InChI is InChI=1S/C17H35N/c1-13(2)15-9-8-14(3)12-17(15,18)11-7-10-16(4,5)6/h13-15H,7-12,18H2,1-6H3. The lowest BCUT2D eigenvalue weighted by Crippen LogP contribution is -2.52. The minimum Gasteiger partial charge on any atom is -0.325 e. The zero-order valence-corrected chi connectivity index (χ0v) is 13.6. The first-order chi connectivity index (χ1) is 8.14. The molecule has 2 N–H and O–H groups in total. The third kappa shape index (κ3) is 4.57. The lowest BCUT2D eigenvalue weighted by Gasteiger charge is -2.46. The van der Waals surface area contributed by atoms with Crippen LogP contribution in [0.25, 0.3) is 0 Å². The van der Waals surface area contributed by atoms with Gasteiger partial charge in [-0.25, -0.2) is 0 Å². The molecule has 1 saturated carbocycles. The SMILES string of the molecule is CC1CCC(C(C)C)C(N)(CCCC(C)(C)C)C1. The Labute approximate surface area is 115 Å². The first-order valence-electron chi connectivity index (χ1n) is 7.93. The van der Waals surface area contributed by atoms with E-state index in [0.717, 1.165) is 17.8 Å². The van der Waals surface area contributed by atoms with Gasteiger partial charge in [0.2, 0.25) is 0 Å². The second-order valence-electron chi connectivity index (χ2n) is 8.38. The van der Waals surface area contributed by atoms with Gasteiger partial charge in [-0.2, -0.15) is 0 Å². The molecule has 1 nitrogen and oxygen atoms in total. The highest BCUT2D eigenvalue weighted by Gasteiger charge is 2.40. The molecular weight excluding hydrogens is 218 g/mol. The zero-order chi connectivity index (χ0) is 14.0. The minimum absolute atomic E-state index is 0.108. The molecule has 108 valence electrons. The molecule has 3 unspecified atom stereocenters. The zero-order valence-electron chi connectivity index (χ0n) is 13.6. The normalized spacial score (nSPS) is 34.0. The summed E-state index contributed by atoms with van der Waals surface area (Å²) in [6.45, 7) is 14.1. The van der Waals surface area contributed by atoms with Crippen molar-refractivity contribution in [2.24, 2.45) is 28.9 Å². The van der Waals surface area contributed by atoms with Crippen LogP contribution >= 0.6 is 0 Å². The summed E-state index contributed by atoms with van der Waals surface area (Å²) >= 11 is 0. The summed E-state index contributed by atoms with van der Waals surface area (Å²) in [6, 6.07) is 0. The summed E-state index contributed by atoms with van der Waals surface area (Å²) in [5, 5.41) is 0. The van der Waals surface area contributed by atoms with E-state index in [9.17, 15) is 0 Å². The highest BCUT2D eigenvalue weighted by molar-refractivity contribution is 4.97. The third-order valence-corrected chi connectivity index (χ3v) is 4.81. The van der Waals surface area contributed by atoms with E-state index in [1.165, 1.54) is 38.5 Å². The molecular formula is C17H35N. The maximum Gasteiger partial charge on any atom is 0.0187 e. The Hall–Kier alpha value is -0.0400. The van der Waals surface area contributed by atoms with Gasteiger partial charge in [0.1, 0.15) is 0 Å². The second kappa shape index (κ2) is 5.94. The van der Waals surface area contributed by atoms with Gasteiger partial charge in [0.05, 0.1) is 0 Å². The van der Waals surface area contributed by atoms with Gasteiger partial charge in [-0.3, -0.25) is 0 Å². The summed E-state index contributed by atoms with van der Waals surface area (Å²) < 4.78 is 0. The molecule has 0 aromatic heterocycles. The molecule has 1 aliphatic rings. The molecule has 0 amide bonds. The van der Waals surface area contributed by atoms with Crippen molar-refractivity contribution < 1.29 is 0 Å². The van der Waals surface area contributed by atoms with E-state index in [1.807, 2.05) is 0 Å². The fourth-order valence-electron chi connectivity index (χ4n) is 3.89. The molecule has 1 heteroatoms. The van der Waals surface area contributed by atoms with Crippen LogP contribution in [0.15, 0.2) is 0 Å². The predicted octanol–water partition coefficient (Wildman–Crippen LogP) is 4.99. The Morgan fingerprint density at radius 2 is 1.83 bits per heavy atom. The monoisotopic (exact) mass is 253 g/mol. The average molecular weight is 253 g/mol. The van der Waals surface area contributed by atoms with Crippen LogP contribution in [-0.2, 0) is 0 Å². The molecule has 0 aromatic rings. The Bertz CT molecular complexity index is 251. The van der Waals surface area contributed by atoms with Crippen molar-refractivity contribution in [1.82, 2.24) is 0 Å². The van der Waals surface area contributed by atoms with Gasteiger partial charge in [0, 0.05) is 5.54 Å². The number of hydrogen-bond donors (Lipinski definition) is 1. The first-order valence-corrected chi connectivity index (χ1v) is 7.93. The van der Waals surface area contributed by atoms with Crippen LogP contribution in [0.4, 0.5) is 0 Å². The Balaban J connectivity index is 2.60. The molecule has 0 aromatic carbocycles. The largest absolute Gasteiger partial charge is 0.325 e. The van der Waals surface area contributed by atoms with Crippen molar-refractivity contribution in [2.45, 2.75) is 85.6 Å². The number of rotatable bonds is 4. The van der Waals surface area contributed by atoms with Crippen molar-refractivity contribution in [3.8, 4) is 0 Å². The highest BCUT2D eigenvalue weighted by atomic mass is 14.8. The molecule has 0 saturated heterocycles. The van der Waals surface area contributed by atoms with Crippen LogP contribution in [0.1, 0.15) is 80.1 Å². The van der Waals surface area contributed by atoms with Gasteiger partial charge in [0.25, 0.3) is 0 Å². The summed E-state index contributed by atoms with van der Waals surface area (Å²) in [4.78, 5) is 0. The summed E-state index contributed by atoms with van der Waals surface area (Å²) in [5.74, 6) is 2.28. The van der Waals surface area contributed by atoms with Crippen LogP contribution in [0, 0.1) is 23.2 Å². The Kier molecular flexibility index (Phi) is 5.29. The lowest BCUT2D eigenvalue weighted by atomic mass is 9.63. The Morgan fingerprint density at radius 1 is 1.22 bits per heavy atom. The van der Waals surface area contributed by atoms with Crippen LogP contribution < -0.4 is 5.73 Å². The van der Waals surface area contributed by atoms with Crippen molar-refractivity contribution in [1.29, 1.82) is 0 Å². The molecule has 1 aliphatic carbocycles. The van der Waals surface area contributed by atoms with Crippen molar-refractivity contribution in [3.05, 3.63) is 0 Å². The summed E-state index contributed by atoms with van der Waals surface area (Å²) in [5.41, 5.74) is 7.38. The molecule has 0 radical (unpaired) electrons. The molecule has 0 spiro atoms. The molecule has 3 atom stereocenters. The van der Waals surface area contributed by atoms with Gasteiger partial charge in [-0.05, 0) is 48.9 Å².